The number of nitrogens with one attached hydrogen (secondary N) is 3. The van der Waals surface area contributed by atoms with Crippen molar-refractivity contribution >= 4 is 35.2 Å². The number of guanidine groups is 1. The van der Waals surface area contributed by atoms with E-state index in [4.69, 9.17) is 11.6 Å². The summed E-state index contributed by atoms with van der Waals surface area (Å²) in [5, 5.41) is 6.37. The van der Waals surface area contributed by atoms with Crippen molar-refractivity contribution in [2.45, 2.75) is 37.8 Å². The predicted molar refractivity (Wildman–Crippen MR) is 108 cm³/mol. The first-order valence-electron chi connectivity index (χ1n) is 9.47. The van der Waals surface area contributed by atoms with E-state index in [1.54, 1.807) is 29.2 Å². The van der Waals surface area contributed by atoms with Gasteiger partial charge in [-0.25, -0.2) is 10.1 Å². The Morgan fingerprint density at radius 2 is 1.68 bits per heavy atom. The number of benzene rings is 2. The molecule has 3 amide bonds. The number of amides is 3. The predicted octanol–water partition coefficient (Wildman–Crippen LogP) is 2.37. The number of nitrogens with zero attached hydrogens (tertiary/aromatic N) is 1. The number of anilines is 1. The Bertz CT molecular complexity index is 898. The maximum atomic E-state index is 13.0. The fraction of sp³-hybridized carbons (Fsp3) is 0.286. The number of hydrogen-bond donors (Lipinski definition) is 3. The zero-order chi connectivity index (χ0) is 19.5. The van der Waals surface area contributed by atoms with Crippen molar-refractivity contribution in [3.8, 4) is 0 Å². The van der Waals surface area contributed by atoms with Crippen molar-refractivity contribution in [1.82, 2.24) is 10.2 Å². The molecule has 0 aromatic heterocycles. The van der Waals surface area contributed by atoms with E-state index in [1.807, 2.05) is 30.3 Å². The van der Waals surface area contributed by atoms with Crippen LogP contribution in [0.15, 0.2) is 54.6 Å². The van der Waals surface area contributed by atoms with Gasteiger partial charge in [0.1, 0.15) is 12.1 Å². The van der Waals surface area contributed by atoms with E-state index in [-0.39, 0.29) is 24.0 Å². The maximum Gasteiger partial charge on any atom is 0.386 e. The average molecular weight is 398 g/mol. The Labute approximate surface area is 168 Å². The van der Waals surface area contributed by atoms with Gasteiger partial charge in [0.15, 0.2) is 0 Å². The first-order chi connectivity index (χ1) is 13.6. The summed E-state index contributed by atoms with van der Waals surface area (Å²) in [6.07, 6.45) is 4.05. The lowest BCUT2D eigenvalue weighted by atomic mass is 9.91. The zero-order valence-electron chi connectivity index (χ0n) is 15.3. The van der Waals surface area contributed by atoms with Crippen molar-refractivity contribution in [3.05, 3.63) is 65.2 Å². The molecule has 1 saturated carbocycles. The fourth-order valence-electron chi connectivity index (χ4n) is 3.83. The summed E-state index contributed by atoms with van der Waals surface area (Å²) in [5.74, 6) is 0.153. The van der Waals surface area contributed by atoms with Gasteiger partial charge in [-0.15, -0.1) is 0 Å². The molecule has 1 aliphatic heterocycles. The Hall–Kier alpha value is -2.86. The minimum atomic E-state index is -0.282. The molecule has 1 aliphatic carbocycles. The smallest absolute Gasteiger partial charge is 0.294 e. The van der Waals surface area contributed by atoms with Crippen molar-refractivity contribution in [2.24, 2.45) is 0 Å². The van der Waals surface area contributed by atoms with Crippen molar-refractivity contribution < 1.29 is 14.6 Å². The molecule has 144 valence electrons. The number of hydrogen-bond acceptors (Lipinski definition) is 2. The van der Waals surface area contributed by atoms with Crippen LogP contribution in [0.1, 0.15) is 36.0 Å². The molecule has 28 heavy (non-hydrogen) atoms. The van der Waals surface area contributed by atoms with Crippen LogP contribution in [0.25, 0.3) is 0 Å². The molecular weight excluding hydrogens is 376 g/mol. The molecule has 3 N–H and O–H groups in total. The van der Waals surface area contributed by atoms with Crippen LogP contribution in [0.3, 0.4) is 0 Å². The molecule has 7 heteroatoms. The number of carbonyl (C=O) groups excluding carboxylic acids is 2. The van der Waals surface area contributed by atoms with Gasteiger partial charge >= 0.3 is 17.9 Å². The normalized spacial score (nSPS) is 20.9. The minimum Gasteiger partial charge on any atom is -0.294 e. The Kier molecular flexibility index (Phi) is 5.30. The number of carbonyl (C=O) groups is 2. The number of rotatable bonds is 2. The van der Waals surface area contributed by atoms with E-state index in [0.717, 1.165) is 31.4 Å². The van der Waals surface area contributed by atoms with E-state index >= 15 is 0 Å². The highest BCUT2D eigenvalue weighted by Gasteiger charge is 2.47. The molecule has 2 aliphatic rings. The van der Waals surface area contributed by atoms with Crippen LogP contribution in [0.2, 0.25) is 5.02 Å². The van der Waals surface area contributed by atoms with Gasteiger partial charge in [0.25, 0.3) is 0 Å². The fourth-order valence-corrected chi connectivity index (χ4v) is 3.96. The van der Waals surface area contributed by atoms with Gasteiger partial charge in [-0.05, 0) is 62.1 Å². The molecule has 0 unspecified atom stereocenters. The van der Waals surface area contributed by atoms with E-state index in [0.29, 0.717) is 16.5 Å². The molecule has 6 nitrogen and oxygen atoms in total. The van der Waals surface area contributed by atoms with Crippen LogP contribution in [0.4, 0.5) is 10.5 Å². The highest BCUT2D eigenvalue weighted by Crippen LogP contribution is 2.24. The molecular formula is C21H22ClN4O2+. The molecule has 0 spiro atoms. The van der Waals surface area contributed by atoms with E-state index in [2.05, 4.69) is 15.6 Å². The van der Waals surface area contributed by atoms with Crippen molar-refractivity contribution in [1.29, 1.82) is 0 Å². The van der Waals surface area contributed by atoms with Gasteiger partial charge < -0.3 is 0 Å². The van der Waals surface area contributed by atoms with Gasteiger partial charge in [-0.3, -0.25) is 15.1 Å². The lowest BCUT2D eigenvalue weighted by Crippen LogP contribution is -2.80. The number of para-hydroxylation sites is 1. The zero-order valence-corrected chi connectivity index (χ0v) is 16.1. The SMILES string of the molecule is O=C(NC1=[NH+][C@H]2CCCC[C@@H]2N1C(=O)Nc1ccccc1)c1ccc(Cl)cc1. The lowest BCUT2D eigenvalue weighted by Gasteiger charge is -2.26. The summed E-state index contributed by atoms with van der Waals surface area (Å²) in [4.78, 5) is 30.7. The summed E-state index contributed by atoms with van der Waals surface area (Å²) < 4.78 is 0. The molecule has 0 radical (unpaired) electrons. The second-order valence-electron chi connectivity index (χ2n) is 7.08. The third-order valence-corrected chi connectivity index (χ3v) is 5.46. The van der Waals surface area contributed by atoms with Crippen molar-refractivity contribution in [3.63, 3.8) is 0 Å². The highest BCUT2D eigenvalue weighted by atomic mass is 35.5. The number of halogens is 1. The summed E-state index contributed by atoms with van der Waals surface area (Å²) >= 11 is 5.90. The molecule has 4 rings (SSSR count). The molecule has 0 bridgehead atoms. The molecule has 2 atom stereocenters. The molecule has 2 aromatic rings. The largest absolute Gasteiger partial charge is 0.386 e. The molecule has 2 aromatic carbocycles. The van der Waals surface area contributed by atoms with Gasteiger partial charge in [-0.2, -0.15) is 4.90 Å². The average Bonchev–Trinajstić information content (AvgIpc) is 3.07. The van der Waals surface area contributed by atoms with Crippen LogP contribution in [-0.4, -0.2) is 34.9 Å². The van der Waals surface area contributed by atoms with Crippen molar-refractivity contribution in [2.75, 3.05) is 5.32 Å². The summed E-state index contributed by atoms with van der Waals surface area (Å²) in [5.41, 5.74) is 1.20. The van der Waals surface area contributed by atoms with Crippen LogP contribution in [0, 0.1) is 0 Å². The Morgan fingerprint density at radius 3 is 2.43 bits per heavy atom. The maximum absolute atomic E-state index is 13.0. The third-order valence-electron chi connectivity index (χ3n) is 5.21. The highest BCUT2D eigenvalue weighted by molar-refractivity contribution is 6.30. The second kappa shape index (κ2) is 8.02. The molecule has 0 saturated heterocycles. The van der Waals surface area contributed by atoms with Crippen LogP contribution >= 0.6 is 11.6 Å². The quantitative estimate of drug-likeness (QED) is 0.727. The Morgan fingerprint density at radius 1 is 0.964 bits per heavy atom. The molecule has 1 heterocycles. The molecule has 1 fully saturated rings. The number of fused-ring (bicyclic) bond motifs is 1. The summed E-state index contributed by atoms with van der Waals surface area (Å²) in [6.45, 7) is 0. The van der Waals surface area contributed by atoms with Gasteiger partial charge in [-0.1, -0.05) is 29.8 Å². The second-order valence-corrected chi connectivity index (χ2v) is 7.51. The summed E-state index contributed by atoms with van der Waals surface area (Å²) in [6, 6.07) is 15.9. The first kappa shape index (κ1) is 18.5. The first-order valence-corrected chi connectivity index (χ1v) is 9.85. The van der Waals surface area contributed by atoms with E-state index in [1.165, 1.54) is 0 Å². The van der Waals surface area contributed by atoms with E-state index < -0.39 is 0 Å². The van der Waals surface area contributed by atoms with Gasteiger partial charge in [0.05, 0.1) is 5.56 Å². The monoisotopic (exact) mass is 397 g/mol. The van der Waals surface area contributed by atoms with Crippen LogP contribution in [0.5, 0.6) is 0 Å². The topological polar surface area (TPSA) is 75.4 Å². The van der Waals surface area contributed by atoms with Gasteiger partial charge in [0.2, 0.25) is 0 Å². The number of urea groups is 1. The van der Waals surface area contributed by atoms with Crippen LogP contribution < -0.4 is 15.6 Å². The van der Waals surface area contributed by atoms with Gasteiger partial charge in [0, 0.05) is 10.7 Å². The van der Waals surface area contributed by atoms with Crippen LogP contribution in [-0.2, 0) is 0 Å². The minimum absolute atomic E-state index is 0.0259. The third kappa shape index (κ3) is 3.87. The lowest BCUT2D eigenvalue weighted by molar-refractivity contribution is -0.500. The summed E-state index contributed by atoms with van der Waals surface area (Å²) in [7, 11) is 0. The van der Waals surface area contributed by atoms with E-state index in [9.17, 15) is 9.59 Å². The standard InChI is InChI=1S/C21H21ClN4O2/c22-15-12-10-14(11-13-15)19(27)25-20-24-17-8-4-5-9-18(17)26(20)21(28)23-16-6-2-1-3-7-16/h1-3,6-7,10-13,17-18H,4-5,8-9H2,(H,23,28)(H,24,25,27)/p+1/t17-,18-/m0/s1. The Balaban J connectivity index is 1.55.